The summed E-state index contributed by atoms with van der Waals surface area (Å²) in [5.41, 5.74) is 0.965. The van der Waals surface area contributed by atoms with Crippen molar-refractivity contribution in [2.45, 2.75) is 50.0 Å². The Hall–Kier alpha value is -0.910. The van der Waals surface area contributed by atoms with Crippen LogP contribution in [0.2, 0.25) is 0 Å². The molecule has 0 saturated heterocycles. The lowest BCUT2D eigenvalue weighted by Gasteiger charge is -2.24. The van der Waals surface area contributed by atoms with E-state index in [0.717, 1.165) is 18.0 Å². The van der Waals surface area contributed by atoms with Crippen LogP contribution in [-0.2, 0) is 10.0 Å². The fraction of sp³-hybridized carbons (Fsp3) is 0.600. The monoisotopic (exact) mass is 296 g/mol. The normalized spacial score (nSPS) is 18.9. The second-order valence-electron chi connectivity index (χ2n) is 5.75. The van der Waals surface area contributed by atoms with E-state index < -0.39 is 10.0 Å². The molecule has 2 rings (SSSR count). The van der Waals surface area contributed by atoms with Crippen LogP contribution in [0.1, 0.15) is 50.6 Å². The number of hydrogen-bond donors (Lipinski definition) is 2. The van der Waals surface area contributed by atoms with Crippen molar-refractivity contribution in [3.05, 3.63) is 29.8 Å². The molecular formula is C15H24N2O2S. The molecule has 1 fully saturated rings. The standard InChI is InChI=1S/C15H24N2O2S/c1-12(17-11-13-6-3-2-4-7-13)14-8-5-9-15(10-14)20(16,18)19/h5,8-10,12-13,17H,2-4,6-7,11H2,1H3,(H2,16,18,19). The molecule has 0 amide bonds. The lowest BCUT2D eigenvalue weighted by Crippen LogP contribution is -2.27. The minimum Gasteiger partial charge on any atom is -0.310 e. The van der Waals surface area contributed by atoms with Crippen molar-refractivity contribution in [1.82, 2.24) is 5.32 Å². The third-order valence-electron chi connectivity index (χ3n) is 4.12. The molecule has 4 nitrogen and oxygen atoms in total. The molecule has 1 saturated carbocycles. The predicted octanol–water partition coefficient (Wildman–Crippen LogP) is 2.56. The second kappa shape index (κ2) is 6.70. The zero-order valence-corrected chi connectivity index (χ0v) is 12.8. The van der Waals surface area contributed by atoms with Crippen LogP contribution in [0.15, 0.2) is 29.2 Å². The summed E-state index contributed by atoms with van der Waals surface area (Å²) in [6.07, 6.45) is 6.64. The minimum atomic E-state index is -3.62. The van der Waals surface area contributed by atoms with Gasteiger partial charge in [-0.2, -0.15) is 0 Å². The van der Waals surface area contributed by atoms with Crippen molar-refractivity contribution in [1.29, 1.82) is 0 Å². The number of primary sulfonamides is 1. The summed E-state index contributed by atoms with van der Waals surface area (Å²) in [4.78, 5) is 0.182. The van der Waals surface area contributed by atoms with Gasteiger partial charge in [0.05, 0.1) is 4.90 Å². The maximum absolute atomic E-state index is 11.4. The molecule has 1 aliphatic carbocycles. The van der Waals surface area contributed by atoms with Gasteiger partial charge in [0.1, 0.15) is 0 Å². The van der Waals surface area contributed by atoms with Crippen molar-refractivity contribution >= 4 is 10.0 Å². The first kappa shape index (κ1) is 15.5. The fourth-order valence-electron chi connectivity index (χ4n) is 2.81. The minimum absolute atomic E-state index is 0.138. The van der Waals surface area contributed by atoms with Gasteiger partial charge < -0.3 is 5.32 Å². The first-order chi connectivity index (χ1) is 9.47. The van der Waals surface area contributed by atoms with E-state index in [1.165, 1.54) is 38.2 Å². The predicted molar refractivity (Wildman–Crippen MR) is 80.8 cm³/mol. The Kier molecular flexibility index (Phi) is 5.18. The summed E-state index contributed by atoms with van der Waals surface area (Å²) >= 11 is 0. The zero-order valence-electron chi connectivity index (χ0n) is 12.0. The maximum atomic E-state index is 11.4. The highest BCUT2D eigenvalue weighted by Gasteiger charge is 2.15. The van der Waals surface area contributed by atoms with Gasteiger partial charge in [-0.25, -0.2) is 13.6 Å². The van der Waals surface area contributed by atoms with E-state index >= 15 is 0 Å². The largest absolute Gasteiger partial charge is 0.310 e. The molecule has 1 aromatic carbocycles. The lowest BCUT2D eigenvalue weighted by atomic mass is 9.89. The van der Waals surface area contributed by atoms with Gasteiger partial charge >= 0.3 is 0 Å². The van der Waals surface area contributed by atoms with Crippen LogP contribution in [0.4, 0.5) is 0 Å². The molecule has 0 radical (unpaired) electrons. The highest BCUT2D eigenvalue weighted by atomic mass is 32.2. The molecule has 1 unspecified atom stereocenters. The van der Waals surface area contributed by atoms with Crippen molar-refractivity contribution in [2.24, 2.45) is 11.1 Å². The molecule has 112 valence electrons. The molecule has 20 heavy (non-hydrogen) atoms. The molecule has 0 heterocycles. The van der Waals surface area contributed by atoms with Crippen LogP contribution >= 0.6 is 0 Å². The van der Waals surface area contributed by atoms with Crippen LogP contribution in [0.3, 0.4) is 0 Å². The van der Waals surface area contributed by atoms with Gasteiger partial charge in [0.15, 0.2) is 0 Å². The van der Waals surface area contributed by atoms with E-state index in [4.69, 9.17) is 5.14 Å². The molecule has 1 atom stereocenters. The second-order valence-corrected chi connectivity index (χ2v) is 7.31. The van der Waals surface area contributed by atoms with Crippen LogP contribution < -0.4 is 10.5 Å². The van der Waals surface area contributed by atoms with Gasteiger partial charge in [-0.1, -0.05) is 31.4 Å². The number of rotatable bonds is 5. The Balaban J connectivity index is 1.96. The van der Waals surface area contributed by atoms with E-state index in [2.05, 4.69) is 12.2 Å². The Morgan fingerprint density at radius 2 is 2.00 bits per heavy atom. The third kappa shape index (κ3) is 4.30. The molecule has 0 aromatic heterocycles. The van der Waals surface area contributed by atoms with E-state index in [9.17, 15) is 8.42 Å². The van der Waals surface area contributed by atoms with Crippen molar-refractivity contribution in [3.8, 4) is 0 Å². The molecule has 0 aliphatic heterocycles. The summed E-state index contributed by atoms with van der Waals surface area (Å²) in [5.74, 6) is 0.757. The molecular weight excluding hydrogens is 272 g/mol. The highest BCUT2D eigenvalue weighted by Crippen LogP contribution is 2.24. The zero-order chi connectivity index (χ0) is 14.6. The summed E-state index contributed by atoms with van der Waals surface area (Å²) in [5, 5.41) is 8.68. The first-order valence-electron chi connectivity index (χ1n) is 7.33. The highest BCUT2D eigenvalue weighted by molar-refractivity contribution is 7.89. The molecule has 5 heteroatoms. The number of nitrogens with one attached hydrogen (secondary N) is 1. The molecule has 0 spiro atoms. The summed E-state index contributed by atoms with van der Waals surface area (Å²) in [6.45, 7) is 3.06. The Morgan fingerprint density at radius 1 is 1.30 bits per heavy atom. The smallest absolute Gasteiger partial charge is 0.238 e. The van der Waals surface area contributed by atoms with Crippen LogP contribution in [0, 0.1) is 5.92 Å². The Labute approximate surface area is 121 Å². The van der Waals surface area contributed by atoms with E-state index in [1.807, 2.05) is 6.07 Å². The van der Waals surface area contributed by atoms with Gasteiger partial charge in [0.2, 0.25) is 10.0 Å². The SMILES string of the molecule is CC(NCC1CCCCC1)c1cccc(S(N)(=O)=O)c1. The van der Waals surface area contributed by atoms with Crippen LogP contribution in [0.5, 0.6) is 0 Å². The van der Waals surface area contributed by atoms with Crippen molar-refractivity contribution in [3.63, 3.8) is 0 Å². The van der Waals surface area contributed by atoms with Gasteiger partial charge in [0, 0.05) is 6.04 Å². The number of benzene rings is 1. The lowest BCUT2D eigenvalue weighted by molar-refractivity contribution is 0.331. The number of sulfonamides is 1. The van der Waals surface area contributed by atoms with Gasteiger partial charge in [-0.15, -0.1) is 0 Å². The van der Waals surface area contributed by atoms with Crippen molar-refractivity contribution < 1.29 is 8.42 Å². The Morgan fingerprint density at radius 3 is 2.65 bits per heavy atom. The maximum Gasteiger partial charge on any atom is 0.238 e. The molecule has 1 aromatic rings. The summed E-state index contributed by atoms with van der Waals surface area (Å²) < 4.78 is 22.7. The third-order valence-corrected chi connectivity index (χ3v) is 5.04. The first-order valence-corrected chi connectivity index (χ1v) is 8.87. The van der Waals surface area contributed by atoms with Crippen LogP contribution in [-0.4, -0.2) is 15.0 Å². The summed E-state index contributed by atoms with van der Waals surface area (Å²) in [7, 11) is -3.62. The molecule has 0 bridgehead atoms. The van der Waals surface area contributed by atoms with Crippen molar-refractivity contribution in [2.75, 3.05) is 6.54 Å². The topological polar surface area (TPSA) is 72.2 Å². The number of hydrogen-bond acceptors (Lipinski definition) is 3. The average Bonchev–Trinajstić information content (AvgIpc) is 2.45. The Bertz CT molecular complexity index is 537. The summed E-state index contributed by atoms with van der Waals surface area (Å²) in [6, 6.07) is 7.01. The van der Waals surface area contributed by atoms with E-state index in [0.29, 0.717) is 0 Å². The van der Waals surface area contributed by atoms with Gasteiger partial charge in [-0.05, 0) is 49.9 Å². The van der Waals surface area contributed by atoms with E-state index in [-0.39, 0.29) is 10.9 Å². The van der Waals surface area contributed by atoms with Gasteiger partial charge in [0.25, 0.3) is 0 Å². The molecule has 1 aliphatic rings. The van der Waals surface area contributed by atoms with Crippen LogP contribution in [0.25, 0.3) is 0 Å². The quantitative estimate of drug-likeness (QED) is 0.877. The number of nitrogens with two attached hydrogens (primary N) is 1. The van der Waals surface area contributed by atoms with E-state index in [1.54, 1.807) is 12.1 Å². The average molecular weight is 296 g/mol. The molecule has 3 N–H and O–H groups in total. The van der Waals surface area contributed by atoms with Gasteiger partial charge in [-0.3, -0.25) is 0 Å². The fourth-order valence-corrected chi connectivity index (χ4v) is 3.38.